The number of aryl methyl sites for hydroxylation is 2. The zero-order valence-electron chi connectivity index (χ0n) is 11.3. The molecule has 2 aromatic carbocycles. The molecule has 0 amide bonds. The van der Waals surface area contributed by atoms with E-state index in [0.717, 1.165) is 11.1 Å². The lowest BCUT2D eigenvalue weighted by atomic mass is 10.00. The number of benzene rings is 2. The van der Waals surface area contributed by atoms with Crippen molar-refractivity contribution in [3.63, 3.8) is 0 Å². The predicted molar refractivity (Wildman–Crippen MR) is 74.3 cm³/mol. The standard InChI is InChI=1S/C16H17F2N/c1-10-7-8-13(11(2)9-10)12(3)19-16-14(17)5-4-6-15(16)18/h4-9,12,19H,1-3H3. The lowest BCUT2D eigenvalue weighted by Crippen LogP contribution is -2.11. The van der Waals surface area contributed by atoms with Crippen LogP contribution in [0.5, 0.6) is 0 Å². The van der Waals surface area contributed by atoms with Gasteiger partial charge in [-0.1, -0.05) is 29.8 Å². The van der Waals surface area contributed by atoms with Crippen molar-refractivity contribution in [2.45, 2.75) is 26.8 Å². The number of para-hydroxylation sites is 1. The Balaban J connectivity index is 2.28. The highest BCUT2D eigenvalue weighted by atomic mass is 19.1. The Hall–Kier alpha value is -1.90. The Morgan fingerprint density at radius 3 is 2.21 bits per heavy atom. The van der Waals surface area contributed by atoms with Gasteiger partial charge in [-0.2, -0.15) is 0 Å². The molecule has 2 aromatic rings. The third-order valence-electron chi connectivity index (χ3n) is 3.22. The van der Waals surface area contributed by atoms with Crippen LogP contribution in [0.15, 0.2) is 36.4 Å². The van der Waals surface area contributed by atoms with Gasteiger partial charge in [0.05, 0.1) is 0 Å². The minimum atomic E-state index is -0.573. The van der Waals surface area contributed by atoms with E-state index in [4.69, 9.17) is 0 Å². The third kappa shape index (κ3) is 2.92. The second-order valence-electron chi connectivity index (χ2n) is 4.82. The first kappa shape index (κ1) is 13.5. The van der Waals surface area contributed by atoms with Crippen molar-refractivity contribution in [3.05, 3.63) is 64.7 Å². The fraction of sp³-hybridized carbons (Fsp3) is 0.250. The summed E-state index contributed by atoms with van der Waals surface area (Å²) in [4.78, 5) is 0. The molecule has 0 heterocycles. The molecule has 0 spiro atoms. The fourth-order valence-electron chi connectivity index (χ4n) is 2.24. The number of hydrogen-bond donors (Lipinski definition) is 1. The number of rotatable bonds is 3. The van der Waals surface area contributed by atoms with E-state index in [1.807, 2.05) is 32.9 Å². The number of halogens is 2. The predicted octanol–water partition coefficient (Wildman–Crippen LogP) is 4.75. The zero-order chi connectivity index (χ0) is 14.0. The average molecular weight is 261 g/mol. The van der Waals surface area contributed by atoms with E-state index in [9.17, 15) is 8.78 Å². The normalized spacial score (nSPS) is 12.3. The monoisotopic (exact) mass is 261 g/mol. The van der Waals surface area contributed by atoms with Crippen molar-refractivity contribution in [3.8, 4) is 0 Å². The van der Waals surface area contributed by atoms with E-state index < -0.39 is 11.6 Å². The van der Waals surface area contributed by atoms with Gasteiger partial charge in [0.15, 0.2) is 0 Å². The van der Waals surface area contributed by atoms with E-state index in [0.29, 0.717) is 0 Å². The SMILES string of the molecule is Cc1ccc(C(C)Nc2c(F)cccc2F)c(C)c1. The first-order valence-corrected chi connectivity index (χ1v) is 6.26. The van der Waals surface area contributed by atoms with Crippen molar-refractivity contribution in [1.29, 1.82) is 0 Å². The molecular formula is C16H17F2N. The zero-order valence-corrected chi connectivity index (χ0v) is 11.3. The molecule has 2 rings (SSSR count). The highest BCUT2D eigenvalue weighted by Crippen LogP contribution is 2.26. The largest absolute Gasteiger partial charge is 0.374 e. The molecule has 1 unspecified atom stereocenters. The molecule has 3 heteroatoms. The summed E-state index contributed by atoms with van der Waals surface area (Å²) >= 11 is 0. The Morgan fingerprint density at radius 2 is 1.63 bits per heavy atom. The number of hydrogen-bond acceptors (Lipinski definition) is 1. The van der Waals surface area contributed by atoms with Crippen molar-refractivity contribution < 1.29 is 8.78 Å². The molecule has 0 saturated carbocycles. The highest BCUT2D eigenvalue weighted by molar-refractivity contribution is 5.49. The topological polar surface area (TPSA) is 12.0 Å². The molecule has 0 radical (unpaired) electrons. The minimum Gasteiger partial charge on any atom is -0.374 e. The summed E-state index contributed by atoms with van der Waals surface area (Å²) in [5, 5.41) is 2.91. The van der Waals surface area contributed by atoms with Crippen LogP contribution in [-0.4, -0.2) is 0 Å². The highest BCUT2D eigenvalue weighted by Gasteiger charge is 2.13. The maximum Gasteiger partial charge on any atom is 0.149 e. The molecule has 100 valence electrons. The Morgan fingerprint density at radius 1 is 1.00 bits per heavy atom. The molecule has 0 bridgehead atoms. The van der Waals surface area contributed by atoms with Gasteiger partial charge in [-0.25, -0.2) is 8.78 Å². The molecule has 0 aliphatic carbocycles. The summed E-state index contributed by atoms with van der Waals surface area (Å²) < 4.78 is 27.2. The van der Waals surface area contributed by atoms with Crippen LogP contribution in [0.3, 0.4) is 0 Å². The smallest absolute Gasteiger partial charge is 0.149 e. The number of anilines is 1. The maximum atomic E-state index is 13.6. The summed E-state index contributed by atoms with van der Waals surface area (Å²) in [6.07, 6.45) is 0. The van der Waals surface area contributed by atoms with E-state index in [2.05, 4.69) is 11.4 Å². The van der Waals surface area contributed by atoms with Crippen molar-refractivity contribution in [1.82, 2.24) is 0 Å². The fourth-order valence-corrected chi connectivity index (χ4v) is 2.24. The Kier molecular flexibility index (Phi) is 3.84. The molecule has 1 nitrogen and oxygen atoms in total. The number of nitrogens with one attached hydrogen (secondary N) is 1. The van der Waals surface area contributed by atoms with Crippen LogP contribution >= 0.6 is 0 Å². The summed E-state index contributed by atoms with van der Waals surface area (Å²) in [5.41, 5.74) is 3.24. The third-order valence-corrected chi connectivity index (χ3v) is 3.22. The van der Waals surface area contributed by atoms with Gasteiger partial charge in [-0.15, -0.1) is 0 Å². The average Bonchev–Trinajstić information content (AvgIpc) is 2.33. The van der Waals surface area contributed by atoms with Crippen LogP contribution in [0.1, 0.15) is 29.7 Å². The van der Waals surface area contributed by atoms with Crippen LogP contribution in [-0.2, 0) is 0 Å². The maximum absolute atomic E-state index is 13.6. The molecule has 19 heavy (non-hydrogen) atoms. The van der Waals surface area contributed by atoms with Gasteiger partial charge < -0.3 is 5.32 Å². The first-order valence-electron chi connectivity index (χ1n) is 6.26. The van der Waals surface area contributed by atoms with Crippen LogP contribution in [0, 0.1) is 25.5 Å². The van der Waals surface area contributed by atoms with E-state index in [1.165, 1.54) is 23.8 Å². The van der Waals surface area contributed by atoms with E-state index in [-0.39, 0.29) is 11.7 Å². The molecular weight excluding hydrogens is 244 g/mol. The quantitative estimate of drug-likeness (QED) is 0.840. The van der Waals surface area contributed by atoms with Gasteiger partial charge in [0.1, 0.15) is 17.3 Å². The van der Waals surface area contributed by atoms with Gasteiger partial charge in [0.2, 0.25) is 0 Å². The van der Waals surface area contributed by atoms with Crippen LogP contribution < -0.4 is 5.32 Å². The molecule has 0 aliphatic heterocycles. The molecule has 1 N–H and O–H groups in total. The lowest BCUT2D eigenvalue weighted by Gasteiger charge is -2.19. The van der Waals surface area contributed by atoms with Gasteiger partial charge >= 0.3 is 0 Å². The van der Waals surface area contributed by atoms with Crippen molar-refractivity contribution in [2.24, 2.45) is 0 Å². The second-order valence-corrected chi connectivity index (χ2v) is 4.82. The Bertz CT molecular complexity index is 573. The minimum absolute atomic E-state index is 0.0741. The molecule has 0 aromatic heterocycles. The van der Waals surface area contributed by atoms with Gasteiger partial charge in [0, 0.05) is 6.04 Å². The summed E-state index contributed by atoms with van der Waals surface area (Å²) in [6, 6.07) is 9.75. The van der Waals surface area contributed by atoms with Gasteiger partial charge in [0.25, 0.3) is 0 Å². The van der Waals surface area contributed by atoms with E-state index in [1.54, 1.807) is 0 Å². The molecule has 0 aliphatic rings. The lowest BCUT2D eigenvalue weighted by molar-refractivity contribution is 0.584. The van der Waals surface area contributed by atoms with Crippen LogP contribution in [0.4, 0.5) is 14.5 Å². The van der Waals surface area contributed by atoms with Crippen LogP contribution in [0.2, 0.25) is 0 Å². The summed E-state index contributed by atoms with van der Waals surface area (Å²) in [7, 11) is 0. The molecule has 0 fully saturated rings. The first-order chi connectivity index (χ1) is 8.99. The van der Waals surface area contributed by atoms with Crippen LogP contribution in [0.25, 0.3) is 0 Å². The van der Waals surface area contributed by atoms with E-state index >= 15 is 0 Å². The van der Waals surface area contributed by atoms with Crippen molar-refractivity contribution >= 4 is 5.69 Å². The Labute approximate surface area is 112 Å². The molecule has 0 saturated heterocycles. The van der Waals surface area contributed by atoms with Gasteiger partial charge in [-0.05, 0) is 44.0 Å². The second kappa shape index (κ2) is 5.39. The van der Waals surface area contributed by atoms with Crippen molar-refractivity contribution in [2.75, 3.05) is 5.32 Å². The van der Waals surface area contributed by atoms with Gasteiger partial charge in [-0.3, -0.25) is 0 Å². The molecule has 1 atom stereocenters. The summed E-state index contributed by atoms with van der Waals surface area (Å²) in [5.74, 6) is -1.15. The summed E-state index contributed by atoms with van der Waals surface area (Å²) in [6.45, 7) is 5.91.